The largest absolute Gasteiger partial charge is 0.480 e. The van der Waals surface area contributed by atoms with Gasteiger partial charge in [0, 0.05) is 5.92 Å². The Balaban J connectivity index is 1.30. The number of benzene rings is 3. The fraction of sp³-hybridized carbons (Fsp3) is 0.364. The van der Waals surface area contributed by atoms with Crippen molar-refractivity contribution in [2.24, 2.45) is 0 Å². The Labute approximate surface area is 240 Å². The zero-order chi connectivity index (χ0) is 28.8. The van der Waals surface area contributed by atoms with Crippen molar-refractivity contribution >= 4 is 18.0 Å². The number of carboxylic acids is 1. The van der Waals surface area contributed by atoms with Gasteiger partial charge in [0.25, 0.3) is 0 Å². The molecule has 1 saturated carbocycles. The first kappa shape index (κ1) is 28.4. The highest BCUT2D eigenvalue weighted by Crippen LogP contribution is 2.44. The summed E-state index contributed by atoms with van der Waals surface area (Å²) in [5.41, 5.74) is 3.93. The van der Waals surface area contributed by atoms with E-state index >= 15 is 0 Å². The van der Waals surface area contributed by atoms with E-state index in [9.17, 15) is 19.5 Å². The first-order valence-electron chi connectivity index (χ1n) is 14.2. The number of carbonyl (C=O) groups excluding carboxylic acids is 2. The van der Waals surface area contributed by atoms with Crippen LogP contribution in [0.5, 0.6) is 0 Å². The third-order valence-corrected chi connectivity index (χ3v) is 8.20. The van der Waals surface area contributed by atoms with Crippen LogP contribution in [0.3, 0.4) is 0 Å². The van der Waals surface area contributed by atoms with Gasteiger partial charge >= 0.3 is 12.1 Å². The van der Waals surface area contributed by atoms with Crippen molar-refractivity contribution in [2.45, 2.75) is 69.2 Å². The number of nitrogens with one attached hydrogen (secondary N) is 2. The van der Waals surface area contributed by atoms with Gasteiger partial charge < -0.3 is 25.2 Å². The van der Waals surface area contributed by atoms with Crippen LogP contribution in [0.1, 0.15) is 61.6 Å². The highest BCUT2D eigenvalue weighted by atomic mass is 16.5. The van der Waals surface area contributed by atoms with Gasteiger partial charge in [0.05, 0.1) is 12.7 Å². The number of ether oxygens (including phenoxy) is 2. The molecule has 0 aromatic heterocycles. The van der Waals surface area contributed by atoms with Gasteiger partial charge in [-0.1, -0.05) is 98.1 Å². The summed E-state index contributed by atoms with van der Waals surface area (Å²) in [6.45, 7) is 2.00. The molecule has 5 rings (SSSR count). The fourth-order valence-corrected chi connectivity index (χ4v) is 5.92. The summed E-state index contributed by atoms with van der Waals surface area (Å²) in [5, 5.41) is 15.4. The van der Waals surface area contributed by atoms with E-state index in [4.69, 9.17) is 9.47 Å². The molecule has 0 spiro atoms. The van der Waals surface area contributed by atoms with E-state index in [2.05, 4.69) is 22.8 Å². The molecule has 3 aromatic carbocycles. The summed E-state index contributed by atoms with van der Waals surface area (Å²) in [4.78, 5) is 38.9. The highest BCUT2D eigenvalue weighted by Gasteiger charge is 2.43. The lowest BCUT2D eigenvalue weighted by Crippen LogP contribution is -2.62. The Morgan fingerprint density at radius 1 is 0.878 bits per heavy atom. The van der Waals surface area contributed by atoms with E-state index in [1.165, 1.54) is 0 Å². The van der Waals surface area contributed by atoms with Crippen LogP contribution in [-0.4, -0.2) is 47.4 Å². The molecule has 8 nitrogen and oxygen atoms in total. The molecule has 0 saturated heterocycles. The maximum absolute atomic E-state index is 13.6. The Bertz CT molecular complexity index is 1340. The Morgan fingerprint density at radius 3 is 2.07 bits per heavy atom. The van der Waals surface area contributed by atoms with Crippen molar-refractivity contribution in [2.75, 3.05) is 6.61 Å². The van der Waals surface area contributed by atoms with Gasteiger partial charge in [0.1, 0.15) is 18.2 Å². The molecule has 2 atom stereocenters. The molecule has 41 heavy (non-hydrogen) atoms. The number of carbonyl (C=O) groups is 3. The van der Waals surface area contributed by atoms with Crippen molar-refractivity contribution in [1.29, 1.82) is 0 Å². The smallest absolute Gasteiger partial charge is 0.407 e. The number of hydrogen-bond acceptors (Lipinski definition) is 5. The van der Waals surface area contributed by atoms with Crippen LogP contribution in [0.25, 0.3) is 11.1 Å². The van der Waals surface area contributed by atoms with E-state index in [0.717, 1.165) is 34.2 Å². The fourth-order valence-electron chi connectivity index (χ4n) is 5.92. The maximum Gasteiger partial charge on any atom is 0.407 e. The molecule has 3 N–H and O–H groups in total. The molecule has 3 aromatic rings. The number of hydrogen-bond donors (Lipinski definition) is 3. The van der Waals surface area contributed by atoms with Crippen LogP contribution < -0.4 is 10.6 Å². The van der Waals surface area contributed by atoms with Crippen LogP contribution in [0.15, 0.2) is 78.9 Å². The SMILES string of the molecule is CC(OCc1ccccc1)C(NC(=O)OCC1c2ccccc2-c2ccccc21)C(=O)NC1(C(=O)O)CCCCC1. The van der Waals surface area contributed by atoms with E-state index < -0.39 is 35.7 Å². The van der Waals surface area contributed by atoms with Crippen LogP contribution >= 0.6 is 0 Å². The maximum atomic E-state index is 13.6. The molecular weight excluding hydrogens is 520 g/mol. The van der Waals surface area contributed by atoms with Gasteiger partial charge in [0.15, 0.2) is 0 Å². The predicted octanol–water partition coefficient (Wildman–Crippen LogP) is 5.40. The van der Waals surface area contributed by atoms with E-state index in [1.54, 1.807) is 6.92 Å². The monoisotopic (exact) mass is 556 g/mol. The molecule has 8 heteroatoms. The van der Waals surface area contributed by atoms with Crippen molar-refractivity contribution in [1.82, 2.24) is 10.6 Å². The van der Waals surface area contributed by atoms with Gasteiger partial charge in [-0.2, -0.15) is 0 Å². The molecule has 0 heterocycles. The molecule has 2 aliphatic carbocycles. The van der Waals surface area contributed by atoms with Crippen molar-refractivity contribution < 1.29 is 29.0 Å². The zero-order valence-electron chi connectivity index (χ0n) is 23.2. The summed E-state index contributed by atoms with van der Waals surface area (Å²) < 4.78 is 11.7. The van der Waals surface area contributed by atoms with Gasteiger partial charge in [0.2, 0.25) is 5.91 Å². The van der Waals surface area contributed by atoms with E-state index in [-0.39, 0.29) is 19.1 Å². The highest BCUT2D eigenvalue weighted by molar-refractivity contribution is 5.92. The lowest BCUT2D eigenvalue weighted by Gasteiger charge is -2.36. The van der Waals surface area contributed by atoms with Gasteiger partial charge in [-0.25, -0.2) is 9.59 Å². The molecule has 2 aliphatic rings. The predicted molar refractivity (Wildman–Crippen MR) is 154 cm³/mol. The second-order valence-electron chi connectivity index (χ2n) is 10.9. The third-order valence-electron chi connectivity index (χ3n) is 8.20. The topological polar surface area (TPSA) is 114 Å². The minimum atomic E-state index is -1.37. The van der Waals surface area contributed by atoms with Crippen molar-refractivity contribution in [3.63, 3.8) is 0 Å². The second-order valence-corrected chi connectivity index (χ2v) is 10.9. The molecule has 0 bridgehead atoms. The minimum absolute atomic E-state index is 0.0898. The summed E-state index contributed by atoms with van der Waals surface area (Å²) in [6, 6.07) is 24.4. The molecule has 2 amide bonds. The van der Waals surface area contributed by atoms with Crippen LogP contribution in [0.4, 0.5) is 4.79 Å². The van der Waals surface area contributed by atoms with Crippen molar-refractivity contribution in [3.8, 4) is 11.1 Å². The Morgan fingerprint density at radius 2 is 1.46 bits per heavy atom. The summed E-state index contributed by atoms with van der Waals surface area (Å²) >= 11 is 0. The lowest BCUT2D eigenvalue weighted by molar-refractivity contribution is -0.150. The first-order chi connectivity index (χ1) is 19.9. The molecule has 214 valence electrons. The molecule has 0 radical (unpaired) electrons. The summed E-state index contributed by atoms with van der Waals surface area (Å²) in [7, 11) is 0. The number of alkyl carbamates (subject to hydrolysis) is 1. The van der Waals surface area contributed by atoms with Gasteiger partial charge in [-0.3, -0.25) is 4.79 Å². The standard InChI is InChI=1S/C33H36N2O6/c1-22(40-20-23-12-4-2-5-13-23)29(30(36)35-33(31(37)38)18-10-3-11-19-33)34-32(39)41-21-28-26-16-8-6-14-24(26)25-15-7-9-17-27(25)28/h2,4-9,12-17,22,28-29H,3,10-11,18-21H2,1H3,(H,34,39)(H,35,36)(H,37,38). The zero-order valence-corrected chi connectivity index (χ0v) is 23.2. The normalized spacial score (nSPS) is 17.0. The summed E-state index contributed by atoms with van der Waals surface area (Å²) in [6.07, 6.45) is 1.48. The van der Waals surface area contributed by atoms with E-state index in [0.29, 0.717) is 25.7 Å². The first-order valence-corrected chi connectivity index (χ1v) is 14.2. The van der Waals surface area contributed by atoms with Gasteiger partial charge in [-0.15, -0.1) is 0 Å². The quantitative estimate of drug-likeness (QED) is 0.308. The third kappa shape index (κ3) is 6.28. The molecule has 2 unspecified atom stereocenters. The average Bonchev–Trinajstić information content (AvgIpc) is 3.32. The number of fused-ring (bicyclic) bond motifs is 3. The summed E-state index contributed by atoms with van der Waals surface area (Å²) in [5.74, 6) is -1.81. The number of carboxylic acid groups (broad SMARTS) is 1. The Kier molecular flexibility index (Phi) is 8.69. The number of amides is 2. The van der Waals surface area contributed by atoms with Crippen LogP contribution in [-0.2, 0) is 25.7 Å². The van der Waals surface area contributed by atoms with Crippen LogP contribution in [0.2, 0.25) is 0 Å². The average molecular weight is 557 g/mol. The van der Waals surface area contributed by atoms with Gasteiger partial charge in [-0.05, 0) is 47.6 Å². The minimum Gasteiger partial charge on any atom is -0.480 e. The lowest BCUT2D eigenvalue weighted by atomic mass is 9.81. The van der Waals surface area contributed by atoms with Crippen LogP contribution in [0, 0.1) is 0 Å². The Hall–Kier alpha value is -4.17. The second kappa shape index (κ2) is 12.6. The molecular formula is C33H36N2O6. The molecule has 0 aliphatic heterocycles. The molecule has 1 fully saturated rings. The number of aliphatic carboxylic acids is 1. The number of rotatable bonds is 10. The van der Waals surface area contributed by atoms with Crippen molar-refractivity contribution in [3.05, 3.63) is 95.6 Å². The van der Waals surface area contributed by atoms with E-state index in [1.807, 2.05) is 66.7 Å².